The van der Waals surface area contributed by atoms with Gasteiger partial charge in [0.05, 0.1) is 12.6 Å². The Morgan fingerprint density at radius 3 is 2.70 bits per heavy atom. The lowest BCUT2D eigenvalue weighted by atomic mass is 10.1. The number of halogens is 2. The molecule has 0 radical (unpaired) electrons. The monoisotopic (exact) mass is 449 g/mol. The number of hydrogen-bond acceptors (Lipinski definition) is 3. The number of aliphatic hydroxyl groups is 1. The van der Waals surface area contributed by atoms with Crippen molar-refractivity contribution in [3.63, 3.8) is 0 Å². The number of thiophene rings is 1. The lowest BCUT2D eigenvalue weighted by molar-refractivity contribution is 0.176. The van der Waals surface area contributed by atoms with E-state index in [1.807, 2.05) is 24.4 Å². The lowest BCUT2D eigenvalue weighted by Gasteiger charge is -2.16. The van der Waals surface area contributed by atoms with Crippen LogP contribution in [0.2, 0.25) is 0 Å². The Kier molecular flexibility index (Phi) is 9.12. The molecule has 2 aromatic rings. The first-order valence-corrected chi connectivity index (χ1v) is 8.05. The van der Waals surface area contributed by atoms with Gasteiger partial charge in [-0.25, -0.2) is 9.38 Å². The quantitative estimate of drug-likeness (QED) is 0.361. The molecule has 0 aliphatic carbocycles. The van der Waals surface area contributed by atoms with Crippen LogP contribution in [0.1, 0.15) is 23.5 Å². The fraction of sp³-hybridized carbons (Fsp3) is 0.312. The largest absolute Gasteiger partial charge is 0.386 e. The highest BCUT2D eigenvalue weighted by Crippen LogP contribution is 2.15. The molecule has 1 heterocycles. The second-order valence-corrected chi connectivity index (χ2v) is 5.72. The van der Waals surface area contributed by atoms with Crippen LogP contribution in [0.4, 0.5) is 4.39 Å². The molecule has 126 valence electrons. The van der Waals surface area contributed by atoms with Gasteiger partial charge in [0, 0.05) is 23.5 Å². The van der Waals surface area contributed by atoms with E-state index in [-0.39, 0.29) is 36.1 Å². The van der Waals surface area contributed by atoms with Gasteiger partial charge in [0.25, 0.3) is 0 Å². The average molecular weight is 449 g/mol. The van der Waals surface area contributed by atoms with E-state index in [1.54, 1.807) is 29.5 Å². The third-order valence-electron chi connectivity index (χ3n) is 3.04. The fourth-order valence-corrected chi connectivity index (χ4v) is 2.58. The molecule has 1 aromatic heterocycles. The highest BCUT2D eigenvalue weighted by atomic mass is 127. The van der Waals surface area contributed by atoms with Gasteiger partial charge < -0.3 is 15.7 Å². The zero-order valence-corrected chi connectivity index (χ0v) is 16.0. The molecule has 0 fully saturated rings. The van der Waals surface area contributed by atoms with Crippen LogP contribution < -0.4 is 10.6 Å². The minimum atomic E-state index is -0.924. The number of nitrogens with one attached hydrogen (secondary N) is 2. The predicted octanol–water partition coefficient (Wildman–Crippen LogP) is 3.29. The second-order valence-electron chi connectivity index (χ2n) is 4.69. The Bertz CT molecular complexity index is 607. The maximum Gasteiger partial charge on any atom is 0.191 e. The summed E-state index contributed by atoms with van der Waals surface area (Å²) in [5.74, 6) is 0.198. The molecule has 1 unspecified atom stereocenters. The summed E-state index contributed by atoms with van der Waals surface area (Å²) in [6.07, 6.45) is -0.924. The molecule has 4 nitrogen and oxygen atoms in total. The average Bonchev–Trinajstić information content (AvgIpc) is 3.03. The van der Waals surface area contributed by atoms with Crippen molar-refractivity contribution in [1.29, 1.82) is 0 Å². The van der Waals surface area contributed by atoms with Crippen molar-refractivity contribution in [2.75, 3.05) is 13.1 Å². The van der Waals surface area contributed by atoms with Crippen LogP contribution in [0.15, 0.2) is 46.8 Å². The topological polar surface area (TPSA) is 56.7 Å². The summed E-state index contributed by atoms with van der Waals surface area (Å²) < 4.78 is 13.6. The summed E-state index contributed by atoms with van der Waals surface area (Å²) >= 11 is 1.64. The Morgan fingerprint density at radius 2 is 2.04 bits per heavy atom. The summed E-state index contributed by atoms with van der Waals surface area (Å²) in [6, 6.07) is 10.2. The number of hydrogen-bond donors (Lipinski definition) is 3. The van der Waals surface area contributed by atoms with E-state index in [2.05, 4.69) is 15.6 Å². The van der Waals surface area contributed by atoms with Crippen molar-refractivity contribution in [3.05, 3.63) is 58.0 Å². The van der Waals surface area contributed by atoms with Crippen LogP contribution in [-0.4, -0.2) is 24.2 Å². The predicted molar refractivity (Wildman–Crippen MR) is 104 cm³/mol. The van der Waals surface area contributed by atoms with Crippen molar-refractivity contribution in [2.45, 2.75) is 19.6 Å². The summed E-state index contributed by atoms with van der Waals surface area (Å²) in [5, 5.41) is 18.2. The van der Waals surface area contributed by atoms with Gasteiger partial charge >= 0.3 is 0 Å². The molecule has 3 N–H and O–H groups in total. The first kappa shape index (κ1) is 19.9. The van der Waals surface area contributed by atoms with E-state index in [0.717, 1.165) is 4.88 Å². The minimum absolute atomic E-state index is 0. The number of rotatable bonds is 6. The summed E-state index contributed by atoms with van der Waals surface area (Å²) in [7, 11) is 0. The van der Waals surface area contributed by atoms with Crippen molar-refractivity contribution in [3.8, 4) is 0 Å². The van der Waals surface area contributed by atoms with Gasteiger partial charge in [0.1, 0.15) is 5.82 Å². The first-order valence-electron chi connectivity index (χ1n) is 7.17. The molecule has 23 heavy (non-hydrogen) atoms. The van der Waals surface area contributed by atoms with Gasteiger partial charge in [-0.1, -0.05) is 24.3 Å². The first-order chi connectivity index (χ1) is 10.7. The molecule has 0 saturated carbocycles. The lowest BCUT2D eigenvalue weighted by Crippen LogP contribution is -2.39. The molecule has 0 aliphatic rings. The molecule has 2 rings (SSSR count). The smallest absolute Gasteiger partial charge is 0.191 e. The number of guanidine groups is 1. The second kappa shape index (κ2) is 10.6. The Labute approximate surface area is 156 Å². The van der Waals surface area contributed by atoms with Gasteiger partial charge in [0.15, 0.2) is 5.96 Å². The minimum Gasteiger partial charge on any atom is -0.386 e. The van der Waals surface area contributed by atoms with E-state index in [4.69, 9.17) is 0 Å². The number of benzene rings is 1. The summed E-state index contributed by atoms with van der Waals surface area (Å²) in [4.78, 5) is 5.60. The van der Waals surface area contributed by atoms with E-state index < -0.39 is 11.9 Å². The van der Waals surface area contributed by atoms with Crippen molar-refractivity contribution in [1.82, 2.24) is 10.6 Å². The highest BCUT2D eigenvalue weighted by Gasteiger charge is 2.12. The van der Waals surface area contributed by atoms with E-state index in [1.165, 1.54) is 6.07 Å². The van der Waals surface area contributed by atoms with Gasteiger partial charge in [-0.2, -0.15) is 0 Å². The van der Waals surface area contributed by atoms with Crippen LogP contribution in [0, 0.1) is 5.82 Å². The van der Waals surface area contributed by atoms with Crippen molar-refractivity contribution in [2.24, 2.45) is 4.99 Å². The van der Waals surface area contributed by atoms with E-state index >= 15 is 0 Å². The molecular formula is C16H21FIN3OS. The number of aliphatic imine (C=N–C) groups is 1. The normalized spacial score (nSPS) is 12.4. The molecule has 0 spiro atoms. The summed E-state index contributed by atoms with van der Waals surface area (Å²) in [6.45, 7) is 3.45. The molecular weight excluding hydrogens is 428 g/mol. The molecule has 0 aliphatic heterocycles. The highest BCUT2D eigenvalue weighted by molar-refractivity contribution is 14.0. The Hall–Kier alpha value is -1.19. The van der Waals surface area contributed by atoms with Crippen LogP contribution in [0.5, 0.6) is 0 Å². The molecule has 0 bridgehead atoms. The van der Waals surface area contributed by atoms with Gasteiger partial charge in [-0.15, -0.1) is 35.3 Å². The number of nitrogens with zero attached hydrogens (tertiary/aromatic N) is 1. The SMILES string of the molecule is CCNC(=NCc1cccs1)NCC(O)c1ccccc1F.I. The van der Waals surface area contributed by atoms with Crippen molar-refractivity contribution >= 4 is 41.3 Å². The van der Waals surface area contributed by atoms with Crippen molar-refractivity contribution < 1.29 is 9.50 Å². The van der Waals surface area contributed by atoms with Crippen LogP contribution in [-0.2, 0) is 6.54 Å². The van der Waals surface area contributed by atoms with Crippen LogP contribution in [0.3, 0.4) is 0 Å². The maximum absolute atomic E-state index is 13.6. The Morgan fingerprint density at radius 1 is 1.26 bits per heavy atom. The molecule has 1 aromatic carbocycles. The molecule has 0 saturated heterocycles. The fourth-order valence-electron chi connectivity index (χ4n) is 1.95. The standard InChI is InChI=1S/C16H20FN3OS.HI/c1-2-18-16(19-10-12-6-5-9-22-12)20-11-15(21)13-7-3-4-8-14(13)17;/h3-9,15,21H,2,10-11H2,1H3,(H2,18,19,20);1H. The maximum atomic E-state index is 13.6. The molecule has 7 heteroatoms. The Balaban J connectivity index is 0.00000264. The summed E-state index contributed by atoms with van der Waals surface area (Å²) in [5.41, 5.74) is 0.282. The van der Waals surface area contributed by atoms with Gasteiger partial charge in [-0.05, 0) is 24.4 Å². The van der Waals surface area contributed by atoms with Gasteiger partial charge in [-0.3, -0.25) is 0 Å². The van der Waals surface area contributed by atoms with E-state index in [0.29, 0.717) is 19.0 Å². The molecule has 0 amide bonds. The van der Waals surface area contributed by atoms with Gasteiger partial charge in [0.2, 0.25) is 0 Å². The number of aliphatic hydroxyl groups excluding tert-OH is 1. The van der Waals surface area contributed by atoms with E-state index in [9.17, 15) is 9.50 Å². The molecule has 1 atom stereocenters. The zero-order valence-electron chi connectivity index (χ0n) is 12.8. The third kappa shape index (κ3) is 6.44. The third-order valence-corrected chi connectivity index (χ3v) is 3.91. The zero-order chi connectivity index (χ0) is 15.8. The van der Waals surface area contributed by atoms with Crippen LogP contribution >= 0.6 is 35.3 Å². The van der Waals surface area contributed by atoms with Crippen LogP contribution in [0.25, 0.3) is 0 Å².